The number of carbonyl (C=O) groups excluding carboxylic acids is 1. The minimum absolute atomic E-state index is 0.287. The molecule has 0 heterocycles. The molecule has 0 fully saturated rings. The molecule has 0 N–H and O–H groups in total. The largest absolute Gasteiger partial charge is 0.299 e. The fourth-order valence-corrected chi connectivity index (χ4v) is 2.65. The van der Waals surface area contributed by atoms with Crippen molar-refractivity contribution in [1.29, 1.82) is 0 Å². The van der Waals surface area contributed by atoms with Crippen LogP contribution in [0, 0.1) is 5.92 Å². The highest BCUT2D eigenvalue weighted by Crippen LogP contribution is 2.14. The summed E-state index contributed by atoms with van der Waals surface area (Å²) in [6.07, 6.45) is 5.86. The van der Waals surface area contributed by atoms with Gasteiger partial charge >= 0.3 is 0 Å². The zero-order valence-corrected chi connectivity index (χ0v) is 9.76. The summed E-state index contributed by atoms with van der Waals surface area (Å²) in [6.45, 7) is 2.06. The van der Waals surface area contributed by atoms with E-state index in [2.05, 4.69) is 19.4 Å². The molecule has 12 heavy (non-hydrogen) atoms. The van der Waals surface area contributed by atoms with E-state index in [1.807, 2.05) is 0 Å². The molecule has 0 aliphatic heterocycles. The Morgan fingerprint density at radius 2 is 1.75 bits per heavy atom. The Morgan fingerprint density at radius 3 is 2.08 bits per heavy atom. The lowest BCUT2D eigenvalue weighted by atomic mass is 10.1. The normalized spacial score (nSPS) is 10.7. The Kier molecular flexibility index (Phi) is 8.24. The second-order valence-corrected chi connectivity index (χ2v) is 4.65. The Balaban J connectivity index is 3.81. The highest BCUT2D eigenvalue weighted by Gasteiger charge is 2.15. The van der Waals surface area contributed by atoms with Crippen LogP contribution in [0.2, 0.25) is 0 Å². The molecule has 0 aromatic heterocycles. The third kappa shape index (κ3) is 5.09. The number of rotatable bonds is 7. The number of Topliss-reactive ketones (excluding diaryl/α,β-unsaturated/α-hetero) is 1. The smallest absolute Gasteiger partial charge is 0.137 e. The van der Waals surface area contributed by atoms with Crippen molar-refractivity contribution < 1.29 is 4.79 Å². The van der Waals surface area contributed by atoms with Crippen LogP contribution in [0.4, 0.5) is 0 Å². The maximum absolute atomic E-state index is 11.5. The van der Waals surface area contributed by atoms with Gasteiger partial charge in [0.25, 0.3) is 0 Å². The van der Waals surface area contributed by atoms with Gasteiger partial charge in [-0.1, -0.05) is 6.92 Å². The molecule has 0 aliphatic rings. The van der Waals surface area contributed by atoms with Gasteiger partial charge in [-0.2, -0.15) is 23.5 Å². The third-order valence-corrected chi connectivity index (χ3v) is 3.16. The van der Waals surface area contributed by atoms with Crippen molar-refractivity contribution in [2.75, 3.05) is 24.0 Å². The summed E-state index contributed by atoms with van der Waals surface area (Å²) in [6, 6.07) is 0. The second-order valence-electron chi connectivity index (χ2n) is 2.82. The maximum Gasteiger partial charge on any atom is 0.137 e. The molecular weight excluding hydrogens is 188 g/mol. The van der Waals surface area contributed by atoms with Crippen molar-refractivity contribution in [2.45, 2.75) is 19.8 Å². The van der Waals surface area contributed by atoms with Crippen LogP contribution in [-0.4, -0.2) is 29.8 Å². The summed E-state index contributed by atoms with van der Waals surface area (Å²) in [5.41, 5.74) is 0. The SMILES string of the molecule is CCCC(=O)C(CSC)CSC. The Morgan fingerprint density at radius 1 is 1.25 bits per heavy atom. The topological polar surface area (TPSA) is 17.1 Å². The average molecular weight is 206 g/mol. The highest BCUT2D eigenvalue weighted by atomic mass is 32.2. The molecule has 0 radical (unpaired) electrons. The number of ketones is 1. The Hall–Kier alpha value is 0.370. The van der Waals surface area contributed by atoms with E-state index in [1.54, 1.807) is 23.5 Å². The van der Waals surface area contributed by atoms with Gasteiger partial charge in [-0.3, -0.25) is 4.79 Å². The van der Waals surface area contributed by atoms with Crippen molar-refractivity contribution >= 4 is 29.3 Å². The van der Waals surface area contributed by atoms with Crippen molar-refractivity contribution in [1.82, 2.24) is 0 Å². The van der Waals surface area contributed by atoms with Gasteiger partial charge in [0.2, 0.25) is 0 Å². The molecule has 0 unspecified atom stereocenters. The lowest BCUT2D eigenvalue weighted by Crippen LogP contribution is -2.19. The molecule has 0 saturated carbocycles. The van der Waals surface area contributed by atoms with Crippen LogP contribution in [0.5, 0.6) is 0 Å². The minimum atomic E-state index is 0.287. The van der Waals surface area contributed by atoms with Crippen LogP contribution < -0.4 is 0 Å². The van der Waals surface area contributed by atoms with E-state index >= 15 is 0 Å². The van der Waals surface area contributed by atoms with Gasteiger partial charge in [0.05, 0.1) is 0 Å². The fourth-order valence-electron chi connectivity index (χ4n) is 1.09. The van der Waals surface area contributed by atoms with Crippen LogP contribution in [0.3, 0.4) is 0 Å². The van der Waals surface area contributed by atoms with Gasteiger partial charge in [0, 0.05) is 23.8 Å². The molecule has 0 aliphatic carbocycles. The molecule has 3 heteroatoms. The van der Waals surface area contributed by atoms with Gasteiger partial charge in [0.1, 0.15) is 5.78 Å². The predicted octanol–water partition coefficient (Wildman–Crippen LogP) is 2.70. The molecule has 0 spiro atoms. The highest BCUT2D eigenvalue weighted by molar-refractivity contribution is 7.99. The van der Waals surface area contributed by atoms with Crippen LogP contribution in [0.15, 0.2) is 0 Å². The predicted molar refractivity (Wildman–Crippen MR) is 60.2 cm³/mol. The van der Waals surface area contributed by atoms with Gasteiger partial charge in [-0.15, -0.1) is 0 Å². The Labute approximate surface area is 84.1 Å². The third-order valence-electron chi connectivity index (χ3n) is 1.69. The van der Waals surface area contributed by atoms with Gasteiger partial charge in [-0.05, 0) is 18.9 Å². The molecule has 0 amide bonds. The average Bonchev–Trinajstić information content (AvgIpc) is 2.04. The minimum Gasteiger partial charge on any atom is -0.299 e. The van der Waals surface area contributed by atoms with Crippen LogP contribution in [0.1, 0.15) is 19.8 Å². The van der Waals surface area contributed by atoms with Crippen molar-refractivity contribution in [3.63, 3.8) is 0 Å². The van der Waals surface area contributed by atoms with Crippen LogP contribution >= 0.6 is 23.5 Å². The number of thioether (sulfide) groups is 2. The van der Waals surface area contributed by atoms with Gasteiger partial charge < -0.3 is 0 Å². The summed E-state index contributed by atoms with van der Waals surface area (Å²) in [4.78, 5) is 11.5. The maximum atomic E-state index is 11.5. The first kappa shape index (κ1) is 12.4. The van der Waals surface area contributed by atoms with E-state index in [-0.39, 0.29) is 5.92 Å². The van der Waals surface area contributed by atoms with Crippen molar-refractivity contribution in [3.8, 4) is 0 Å². The summed E-state index contributed by atoms with van der Waals surface area (Å²) in [7, 11) is 0. The summed E-state index contributed by atoms with van der Waals surface area (Å²) >= 11 is 3.54. The molecule has 0 saturated heterocycles. The first-order valence-electron chi connectivity index (χ1n) is 4.26. The molecule has 0 atom stereocenters. The number of carbonyl (C=O) groups is 1. The van der Waals surface area contributed by atoms with Crippen molar-refractivity contribution in [3.05, 3.63) is 0 Å². The first-order chi connectivity index (χ1) is 5.76. The number of hydrogen-bond acceptors (Lipinski definition) is 3. The molecule has 0 rings (SSSR count). The second kappa shape index (κ2) is 7.99. The van der Waals surface area contributed by atoms with Crippen LogP contribution in [0.25, 0.3) is 0 Å². The van der Waals surface area contributed by atoms with Crippen molar-refractivity contribution in [2.24, 2.45) is 5.92 Å². The zero-order chi connectivity index (χ0) is 9.40. The zero-order valence-electron chi connectivity index (χ0n) is 8.13. The van der Waals surface area contributed by atoms with E-state index in [9.17, 15) is 4.79 Å². The van der Waals surface area contributed by atoms with E-state index in [0.29, 0.717) is 5.78 Å². The molecule has 72 valence electrons. The monoisotopic (exact) mass is 206 g/mol. The van der Waals surface area contributed by atoms with E-state index in [0.717, 1.165) is 24.3 Å². The van der Waals surface area contributed by atoms with E-state index < -0.39 is 0 Å². The standard InChI is InChI=1S/C9H18OS2/c1-4-5-9(10)8(6-11-2)7-12-3/h8H,4-7H2,1-3H3. The molecule has 0 aromatic carbocycles. The summed E-state index contributed by atoms with van der Waals surface area (Å²) < 4.78 is 0. The Bertz CT molecular complexity index is 120. The molecular formula is C9H18OS2. The lowest BCUT2D eigenvalue weighted by molar-refractivity contribution is -0.121. The lowest BCUT2D eigenvalue weighted by Gasteiger charge is -2.12. The van der Waals surface area contributed by atoms with E-state index in [4.69, 9.17) is 0 Å². The fraction of sp³-hybridized carbons (Fsp3) is 0.889. The molecule has 0 aromatic rings. The van der Waals surface area contributed by atoms with Gasteiger partial charge in [0.15, 0.2) is 0 Å². The van der Waals surface area contributed by atoms with Gasteiger partial charge in [-0.25, -0.2) is 0 Å². The summed E-state index contributed by atoms with van der Waals surface area (Å²) in [5, 5.41) is 0. The van der Waals surface area contributed by atoms with E-state index in [1.165, 1.54) is 0 Å². The quantitative estimate of drug-likeness (QED) is 0.637. The van der Waals surface area contributed by atoms with Crippen LogP contribution in [-0.2, 0) is 4.79 Å². The molecule has 1 nitrogen and oxygen atoms in total. The first-order valence-corrected chi connectivity index (χ1v) is 7.05. The molecule has 0 bridgehead atoms. The summed E-state index contributed by atoms with van der Waals surface area (Å²) in [5.74, 6) is 2.70. The number of hydrogen-bond donors (Lipinski definition) is 0.